The fourth-order valence-corrected chi connectivity index (χ4v) is 4.17. The third kappa shape index (κ3) is 3.65. The van der Waals surface area contributed by atoms with E-state index in [1.807, 2.05) is 37.3 Å². The monoisotopic (exact) mass is 416 g/mol. The summed E-state index contributed by atoms with van der Waals surface area (Å²) in [7, 11) is 0. The number of piperidine rings is 1. The average molecular weight is 416 g/mol. The maximum Gasteiger partial charge on any atom is 0.277 e. The fourth-order valence-electron chi connectivity index (χ4n) is 4.17. The zero-order valence-corrected chi connectivity index (χ0v) is 17.4. The van der Waals surface area contributed by atoms with Crippen LogP contribution in [0.1, 0.15) is 40.9 Å². The topological polar surface area (TPSA) is 95.4 Å². The van der Waals surface area contributed by atoms with Crippen LogP contribution in [0.3, 0.4) is 0 Å². The van der Waals surface area contributed by atoms with Gasteiger partial charge < -0.3 is 15.2 Å². The third-order valence-corrected chi connectivity index (χ3v) is 5.84. The minimum atomic E-state index is -0.424. The highest BCUT2D eigenvalue weighted by Crippen LogP contribution is 2.20. The van der Waals surface area contributed by atoms with E-state index in [0.717, 1.165) is 24.2 Å². The Morgan fingerprint density at radius 1 is 1.10 bits per heavy atom. The second-order valence-electron chi connectivity index (χ2n) is 8.07. The predicted octanol–water partition coefficient (Wildman–Crippen LogP) is 2.80. The molecule has 1 aliphatic heterocycles. The normalized spacial score (nSPS) is 14.3. The molecule has 0 radical (unpaired) electrons. The van der Waals surface area contributed by atoms with E-state index in [-0.39, 0.29) is 16.8 Å². The maximum absolute atomic E-state index is 12.8. The molecule has 0 aliphatic carbocycles. The first-order chi connectivity index (χ1) is 15.1. The molecule has 0 bridgehead atoms. The van der Waals surface area contributed by atoms with Crippen LogP contribution in [0.15, 0.2) is 47.3 Å². The van der Waals surface area contributed by atoms with Gasteiger partial charge in [-0.3, -0.25) is 9.59 Å². The molecule has 31 heavy (non-hydrogen) atoms. The van der Waals surface area contributed by atoms with Gasteiger partial charge in [-0.05, 0) is 61.6 Å². The van der Waals surface area contributed by atoms with Crippen molar-refractivity contribution < 1.29 is 4.79 Å². The summed E-state index contributed by atoms with van der Waals surface area (Å²) in [6.45, 7) is 4.49. The molecule has 0 spiro atoms. The van der Waals surface area contributed by atoms with Gasteiger partial charge in [-0.25, -0.2) is 4.52 Å². The summed E-state index contributed by atoms with van der Waals surface area (Å²) in [5, 5.41) is 10.9. The lowest BCUT2D eigenvalue weighted by atomic mass is 10.1. The number of benzene rings is 2. The summed E-state index contributed by atoms with van der Waals surface area (Å²) in [5.74, 6) is -0.424. The number of aromatic nitrogens is 4. The molecule has 0 unspecified atom stereocenters. The first-order valence-corrected chi connectivity index (χ1v) is 10.6. The van der Waals surface area contributed by atoms with Crippen molar-refractivity contribution in [3.63, 3.8) is 0 Å². The number of nitrogens with one attached hydrogen (secondary N) is 2. The van der Waals surface area contributed by atoms with E-state index in [0.29, 0.717) is 17.6 Å². The van der Waals surface area contributed by atoms with Crippen LogP contribution >= 0.6 is 0 Å². The van der Waals surface area contributed by atoms with Crippen molar-refractivity contribution in [3.05, 3.63) is 69.6 Å². The van der Waals surface area contributed by atoms with Gasteiger partial charge in [-0.1, -0.05) is 23.4 Å². The van der Waals surface area contributed by atoms with Gasteiger partial charge in [0.05, 0.1) is 11.0 Å². The molecule has 2 aromatic carbocycles. The summed E-state index contributed by atoms with van der Waals surface area (Å²) in [4.78, 5) is 30.6. The lowest BCUT2D eigenvalue weighted by molar-refractivity contribution is 0.0947. The lowest BCUT2D eigenvalue weighted by Gasteiger charge is -2.28. The van der Waals surface area contributed by atoms with Crippen molar-refractivity contribution in [2.75, 3.05) is 18.0 Å². The number of aryl methyl sites for hydroxylation is 1. The average Bonchev–Trinajstić information content (AvgIpc) is 3.24. The summed E-state index contributed by atoms with van der Waals surface area (Å²) in [6.07, 6.45) is 3.77. The number of carbonyl (C=O) groups is 1. The van der Waals surface area contributed by atoms with Crippen molar-refractivity contribution in [1.29, 1.82) is 0 Å². The Morgan fingerprint density at radius 3 is 2.65 bits per heavy atom. The number of anilines is 1. The minimum Gasteiger partial charge on any atom is -0.372 e. The van der Waals surface area contributed by atoms with E-state index in [1.54, 1.807) is 0 Å². The van der Waals surface area contributed by atoms with E-state index < -0.39 is 5.91 Å². The van der Waals surface area contributed by atoms with Gasteiger partial charge in [0.15, 0.2) is 11.2 Å². The Morgan fingerprint density at radius 2 is 1.87 bits per heavy atom. The molecule has 2 N–H and O–H groups in total. The van der Waals surface area contributed by atoms with Crippen molar-refractivity contribution in [1.82, 2.24) is 25.1 Å². The number of rotatable bonds is 4. The second kappa shape index (κ2) is 7.86. The molecular formula is C23H24N6O2. The second-order valence-corrected chi connectivity index (χ2v) is 8.07. The zero-order valence-electron chi connectivity index (χ0n) is 17.4. The van der Waals surface area contributed by atoms with Crippen LogP contribution in [0.5, 0.6) is 0 Å². The highest BCUT2D eigenvalue weighted by Gasteiger charge is 2.19. The fraction of sp³-hybridized carbons (Fsp3) is 0.304. The van der Waals surface area contributed by atoms with Crippen LogP contribution in [0.4, 0.5) is 5.69 Å². The van der Waals surface area contributed by atoms with Gasteiger partial charge in [0.2, 0.25) is 0 Å². The standard InChI is InChI=1S/C23H24N6O2/c1-15-5-10-19-18(13-15)25-23(31)21-20(26-27-29(19)21)22(30)24-14-16-6-8-17(9-7-16)28-11-3-2-4-12-28/h5-10,13H,2-4,11-12,14H2,1H3,(H,24,30)(H,25,31). The quantitative estimate of drug-likeness (QED) is 0.533. The summed E-state index contributed by atoms with van der Waals surface area (Å²) in [5.41, 5.74) is 4.35. The van der Waals surface area contributed by atoms with Crippen LogP contribution in [0.2, 0.25) is 0 Å². The van der Waals surface area contributed by atoms with Gasteiger partial charge >= 0.3 is 0 Å². The third-order valence-electron chi connectivity index (χ3n) is 5.84. The Hall–Kier alpha value is -3.68. The number of hydrogen-bond acceptors (Lipinski definition) is 5. The molecule has 1 saturated heterocycles. The Bertz CT molecular complexity index is 1320. The van der Waals surface area contributed by atoms with Gasteiger partial charge in [-0.2, -0.15) is 0 Å². The van der Waals surface area contributed by atoms with Crippen LogP contribution in [0, 0.1) is 6.92 Å². The van der Waals surface area contributed by atoms with E-state index >= 15 is 0 Å². The Labute approximate surface area is 178 Å². The van der Waals surface area contributed by atoms with Crippen LogP contribution in [-0.4, -0.2) is 38.8 Å². The van der Waals surface area contributed by atoms with Gasteiger partial charge in [0, 0.05) is 25.3 Å². The molecule has 0 atom stereocenters. The number of carbonyl (C=O) groups excluding carboxylic acids is 1. The highest BCUT2D eigenvalue weighted by atomic mass is 16.2. The van der Waals surface area contributed by atoms with E-state index in [9.17, 15) is 9.59 Å². The Kier molecular flexibility index (Phi) is 4.89. The first-order valence-electron chi connectivity index (χ1n) is 10.6. The molecular weight excluding hydrogens is 392 g/mol. The number of aromatic amines is 1. The summed E-state index contributed by atoms with van der Waals surface area (Å²) in [6, 6.07) is 13.9. The number of H-pyrrole nitrogens is 1. The van der Waals surface area contributed by atoms with Crippen molar-refractivity contribution in [2.24, 2.45) is 0 Å². The Balaban J connectivity index is 1.35. The minimum absolute atomic E-state index is 0.0219. The molecule has 4 aromatic rings. The van der Waals surface area contributed by atoms with Gasteiger partial charge in [0.25, 0.3) is 11.5 Å². The van der Waals surface area contributed by atoms with Crippen molar-refractivity contribution in [2.45, 2.75) is 32.7 Å². The lowest BCUT2D eigenvalue weighted by Crippen LogP contribution is -2.29. The van der Waals surface area contributed by atoms with Crippen molar-refractivity contribution in [3.8, 4) is 0 Å². The number of fused-ring (bicyclic) bond motifs is 3. The molecule has 8 heteroatoms. The molecule has 1 amide bonds. The molecule has 3 heterocycles. The van der Waals surface area contributed by atoms with Crippen molar-refractivity contribution >= 4 is 28.1 Å². The van der Waals surface area contributed by atoms with E-state index in [1.165, 1.54) is 29.5 Å². The predicted molar refractivity (Wildman–Crippen MR) is 120 cm³/mol. The number of amides is 1. The molecule has 5 rings (SSSR count). The summed E-state index contributed by atoms with van der Waals surface area (Å²) < 4.78 is 1.43. The number of nitrogens with zero attached hydrogens (tertiary/aromatic N) is 4. The zero-order chi connectivity index (χ0) is 21.4. The maximum atomic E-state index is 12.8. The van der Waals surface area contributed by atoms with Crippen LogP contribution in [-0.2, 0) is 6.54 Å². The molecule has 1 fully saturated rings. The summed E-state index contributed by atoms with van der Waals surface area (Å²) >= 11 is 0. The molecule has 158 valence electrons. The largest absolute Gasteiger partial charge is 0.372 e. The van der Waals surface area contributed by atoms with Gasteiger partial charge in [0.1, 0.15) is 0 Å². The first kappa shape index (κ1) is 19.3. The smallest absolute Gasteiger partial charge is 0.277 e. The molecule has 1 aliphatic rings. The SMILES string of the molecule is Cc1ccc2c(c1)[nH]c(=O)c1c(C(=O)NCc3ccc(N4CCCCC4)cc3)nnn12. The highest BCUT2D eigenvalue weighted by molar-refractivity contribution is 5.99. The van der Waals surface area contributed by atoms with E-state index in [2.05, 4.69) is 37.6 Å². The molecule has 2 aromatic heterocycles. The van der Waals surface area contributed by atoms with Gasteiger partial charge in [-0.15, -0.1) is 5.10 Å². The number of hydrogen-bond donors (Lipinski definition) is 2. The van der Waals surface area contributed by atoms with Crippen LogP contribution in [0.25, 0.3) is 16.6 Å². The molecule has 8 nitrogen and oxygen atoms in total. The van der Waals surface area contributed by atoms with E-state index in [4.69, 9.17) is 0 Å². The van der Waals surface area contributed by atoms with Crippen LogP contribution < -0.4 is 15.8 Å². The molecule has 0 saturated carbocycles.